The maximum atomic E-state index is 13.5. The number of Topliss-reactive ketones (excluding diaryl/α,β-unsaturated/α-hetero) is 1. The molecule has 0 saturated carbocycles. The summed E-state index contributed by atoms with van der Waals surface area (Å²) in [7, 11) is 5.40. The first-order valence-corrected chi connectivity index (χ1v) is 11.9. The number of methoxy groups -OCH3 is 1. The van der Waals surface area contributed by atoms with Crippen molar-refractivity contribution >= 4 is 28.8 Å². The van der Waals surface area contributed by atoms with E-state index < -0.39 is 17.7 Å². The van der Waals surface area contributed by atoms with Gasteiger partial charge in [-0.2, -0.15) is 0 Å². The molecule has 0 bridgehead atoms. The normalized spacial score (nSPS) is 17.4. The van der Waals surface area contributed by atoms with Gasteiger partial charge in [0.05, 0.1) is 24.3 Å². The number of para-hydroxylation sites is 1. The zero-order chi connectivity index (χ0) is 26.2. The average molecular weight is 485 g/mol. The molecule has 6 heteroatoms. The van der Waals surface area contributed by atoms with Crippen molar-refractivity contribution in [3.8, 4) is 5.75 Å². The van der Waals surface area contributed by atoms with Gasteiger partial charge in [0.1, 0.15) is 11.5 Å². The van der Waals surface area contributed by atoms with Crippen LogP contribution < -0.4 is 14.5 Å². The van der Waals surface area contributed by atoms with Gasteiger partial charge in [-0.05, 0) is 52.9 Å². The highest BCUT2D eigenvalue weighted by Gasteiger charge is 2.47. The summed E-state index contributed by atoms with van der Waals surface area (Å²) in [4.78, 5) is 30.3. The first kappa shape index (κ1) is 25.0. The van der Waals surface area contributed by atoms with E-state index in [9.17, 15) is 14.7 Å². The van der Waals surface area contributed by atoms with Crippen LogP contribution in [0.15, 0.2) is 78.4 Å². The van der Waals surface area contributed by atoms with E-state index in [-0.39, 0.29) is 16.7 Å². The Morgan fingerprint density at radius 3 is 2.14 bits per heavy atom. The molecule has 1 N–H and O–H groups in total. The first-order chi connectivity index (χ1) is 17.0. The molecule has 1 saturated heterocycles. The molecule has 0 spiro atoms. The Kier molecular flexibility index (Phi) is 6.63. The van der Waals surface area contributed by atoms with Crippen molar-refractivity contribution in [2.24, 2.45) is 0 Å². The van der Waals surface area contributed by atoms with Gasteiger partial charge in [-0.1, -0.05) is 57.2 Å². The average Bonchev–Trinajstić information content (AvgIpc) is 3.13. The Bertz CT molecular complexity index is 1320. The summed E-state index contributed by atoms with van der Waals surface area (Å²) in [5.74, 6) is -1.25. The number of carbonyl (C=O) groups is 2. The van der Waals surface area contributed by atoms with Crippen LogP contribution in [-0.4, -0.2) is 38.0 Å². The Morgan fingerprint density at radius 1 is 0.944 bits per heavy atom. The Hall–Kier alpha value is -4.06. The van der Waals surface area contributed by atoms with Crippen LogP contribution in [0.4, 0.5) is 11.4 Å². The number of ketones is 1. The van der Waals surface area contributed by atoms with Gasteiger partial charge in [0.15, 0.2) is 0 Å². The van der Waals surface area contributed by atoms with Gasteiger partial charge in [0.2, 0.25) is 0 Å². The van der Waals surface area contributed by atoms with E-state index in [1.807, 2.05) is 73.6 Å². The summed E-state index contributed by atoms with van der Waals surface area (Å²) in [6.07, 6.45) is 0. The molecule has 6 nitrogen and oxygen atoms in total. The standard InChI is InChI=1S/C30H32N2O4/c1-30(2,3)20-14-17-24(36-6)23(18-20)27(33)25-26(19-12-15-21(16-13-19)31(4)5)32(29(35)28(25)34)22-10-8-7-9-11-22/h7-18,26,33H,1-6H3/b27-25+. The number of ether oxygens (including phenoxy) is 1. The molecule has 0 aromatic heterocycles. The third kappa shape index (κ3) is 4.47. The summed E-state index contributed by atoms with van der Waals surface area (Å²) in [5, 5.41) is 11.6. The number of rotatable bonds is 5. The first-order valence-electron chi connectivity index (χ1n) is 11.9. The number of carbonyl (C=O) groups excluding carboxylic acids is 2. The second-order valence-corrected chi connectivity index (χ2v) is 10.2. The van der Waals surface area contributed by atoms with E-state index in [2.05, 4.69) is 20.8 Å². The molecular formula is C30H32N2O4. The van der Waals surface area contributed by atoms with Crippen LogP contribution in [0.25, 0.3) is 5.76 Å². The van der Waals surface area contributed by atoms with Crippen molar-refractivity contribution in [2.75, 3.05) is 31.0 Å². The minimum absolute atomic E-state index is 0.0332. The van der Waals surface area contributed by atoms with E-state index in [0.29, 0.717) is 17.0 Å². The molecule has 36 heavy (non-hydrogen) atoms. The molecule has 0 radical (unpaired) electrons. The Labute approximate surface area is 212 Å². The zero-order valence-electron chi connectivity index (χ0n) is 21.6. The molecule has 1 aliphatic heterocycles. The number of hydrogen-bond donors (Lipinski definition) is 1. The molecule has 1 aliphatic rings. The van der Waals surface area contributed by atoms with E-state index in [1.165, 1.54) is 12.0 Å². The van der Waals surface area contributed by atoms with E-state index in [1.54, 1.807) is 18.2 Å². The van der Waals surface area contributed by atoms with Crippen molar-refractivity contribution in [1.82, 2.24) is 0 Å². The van der Waals surface area contributed by atoms with Gasteiger partial charge < -0.3 is 14.7 Å². The van der Waals surface area contributed by atoms with Gasteiger partial charge >= 0.3 is 0 Å². The minimum Gasteiger partial charge on any atom is -0.507 e. The molecular weight excluding hydrogens is 452 g/mol. The Morgan fingerprint density at radius 2 is 1.58 bits per heavy atom. The van der Waals surface area contributed by atoms with Crippen LogP contribution in [0.3, 0.4) is 0 Å². The summed E-state index contributed by atoms with van der Waals surface area (Å²) in [6, 6.07) is 21.4. The molecule has 4 rings (SSSR count). The van der Waals surface area contributed by atoms with Crippen molar-refractivity contribution in [3.63, 3.8) is 0 Å². The number of hydrogen-bond acceptors (Lipinski definition) is 5. The molecule has 1 atom stereocenters. The minimum atomic E-state index is -0.799. The van der Waals surface area contributed by atoms with Crippen LogP contribution >= 0.6 is 0 Å². The highest BCUT2D eigenvalue weighted by molar-refractivity contribution is 6.51. The number of nitrogens with zero attached hydrogens (tertiary/aromatic N) is 2. The third-order valence-electron chi connectivity index (χ3n) is 6.52. The fourth-order valence-electron chi connectivity index (χ4n) is 4.46. The predicted octanol–water partition coefficient (Wildman–Crippen LogP) is 5.69. The van der Waals surface area contributed by atoms with Gasteiger partial charge in [-0.15, -0.1) is 0 Å². The maximum absolute atomic E-state index is 13.5. The topological polar surface area (TPSA) is 70.1 Å². The van der Waals surface area contributed by atoms with Crippen LogP contribution in [-0.2, 0) is 15.0 Å². The van der Waals surface area contributed by atoms with E-state index in [0.717, 1.165) is 16.8 Å². The van der Waals surface area contributed by atoms with Crippen molar-refractivity contribution in [3.05, 3.63) is 95.1 Å². The Balaban J connectivity index is 1.98. The number of aliphatic hydroxyl groups excluding tert-OH is 1. The van der Waals surface area contributed by atoms with E-state index >= 15 is 0 Å². The summed E-state index contributed by atoms with van der Waals surface area (Å²) in [5.41, 5.74) is 3.46. The van der Waals surface area contributed by atoms with Gasteiger partial charge in [0, 0.05) is 25.5 Å². The summed E-state index contributed by atoms with van der Waals surface area (Å²) in [6.45, 7) is 6.21. The molecule has 1 amide bonds. The second kappa shape index (κ2) is 9.53. The predicted molar refractivity (Wildman–Crippen MR) is 144 cm³/mol. The lowest BCUT2D eigenvalue weighted by Crippen LogP contribution is -2.29. The van der Waals surface area contributed by atoms with Crippen LogP contribution in [0.2, 0.25) is 0 Å². The molecule has 1 unspecified atom stereocenters. The molecule has 3 aromatic rings. The van der Waals surface area contributed by atoms with Crippen LogP contribution in [0.1, 0.15) is 43.5 Å². The maximum Gasteiger partial charge on any atom is 0.300 e. The van der Waals surface area contributed by atoms with Crippen molar-refractivity contribution in [1.29, 1.82) is 0 Å². The summed E-state index contributed by atoms with van der Waals surface area (Å²) < 4.78 is 5.54. The number of anilines is 2. The smallest absolute Gasteiger partial charge is 0.300 e. The fourth-order valence-corrected chi connectivity index (χ4v) is 4.46. The lowest BCUT2D eigenvalue weighted by Gasteiger charge is -2.26. The quantitative estimate of drug-likeness (QED) is 0.286. The van der Waals surface area contributed by atoms with Crippen molar-refractivity contribution in [2.45, 2.75) is 32.2 Å². The highest BCUT2D eigenvalue weighted by atomic mass is 16.5. The van der Waals surface area contributed by atoms with Gasteiger partial charge in [-0.25, -0.2) is 0 Å². The van der Waals surface area contributed by atoms with Crippen LogP contribution in [0, 0.1) is 0 Å². The van der Waals surface area contributed by atoms with Crippen molar-refractivity contribution < 1.29 is 19.4 Å². The summed E-state index contributed by atoms with van der Waals surface area (Å²) >= 11 is 0. The molecule has 1 heterocycles. The number of benzene rings is 3. The van der Waals surface area contributed by atoms with Gasteiger partial charge in [-0.3, -0.25) is 14.5 Å². The monoisotopic (exact) mass is 484 g/mol. The SMILES string of the molecule is COc1ccc(C(C)(C)C)cc1/C(O)=C1\C(=O)C(=O)N(c2ccccc2)C1c1ccc(N(C)C)cc1. The molecule has 186 valence electrons. The van der Waals surface area contributed by atoms with Gasteiger partial charge in [0.25, 0.3) is 11.7 Å². The number of amides is 1. The largest absolute Gasteiger partial charge is 0.507 e. The van der Waals surface area contributed by atoms with Crippen LogP contribution in [0.5, 0.6) is 5.75 Å². The number of aliphatic hydroxyl groups is 1. The molecule has 1 fully saturated rings. The lowest BCUT2D eigenvalue weighted by molar-refractivity contribution is -0.132. The fraction of sp³-hybridized carbons (Fsp3) is 0.267. The molecule has 3 aromatic carbocycles. The third-order valence-corrected chi connectivity index (χ3v) is 6.52. The zero-order valence-corrected chi connectivity index (χ0v) is 21.6. The molecule has 0 aliphatic carbocycles. The lowest BCUT2D eigenvalue weighted by atomic mass is 9.85. The second-order valence-electron chi connectivity index (χ2n) is 10.2. The van der Waals surface area contributed by atoms with E-state index in [4.69, 9.17) is 4.74 Å². The highest BCUT2D eigenvalue weighted by Crippen LogP contribution is 2.44.